The average molecular weight is 348 g/mol. The van der Waals surface area contributed by atoms with Gasteiger partial charge in [0, 0.05) is 44.1 Å². The Kier molecular flexibility index (Phi) is 7.03. The van der Waals surface area contributed by atoms with E-state index < -0.39 is 0 Å². The average Bonchev–Trinajstić information content (AvgIpc) is 2.58. The molecule has 1 aliphatic rings. The predicted octanol–water partition coefficient (Wildman–Crippen LogP) is 3.26. The molecule has 130 valence electrons. The maximum absolute atomic E-state index is 5.82. The zero-order chi connectivity index (χ0) is 16.1. The lowest BCUT2D eigenvalue weighted by atomic mass is 10.1. The van der Waals surface area contributed by atoms with Crippen LogP contribution in [0.2, 0.25) is 0 Å². The molecule has 1 aromatic carbocycles. The van der Waals surface area contributed by atoms with Crippen molar-refractivity contribution >= 4 is 12.4 Å². The minimum Gasteiger partial charge on any atom is -0.489 e. The maximum Gasteiger partial charge on any atom is 0.119 e. The second-order valence-electron chi connectivity index (χ2n) is 6.38. The van der Waals surface area contributed by atoms with Crippen molar-refractivity contribution in [3.63, 3.8) is 0 Å². The number of hydrogen-bond donors (Lipinski definition) is 1. The summed E-state index contributed by atoms with van der Waals surface area (Å²) < 4.78 is 5.82. The molecule has 2 unspecified atom stereocenters. The van der Waals surface area contributed by atoms with Crippen LogP contribution in [0.4, 0.5) is 0 Å². The Morgan fingerprint density at radius 3 is 2.50 bits per heavy atom. The number of rotatable bonds is 5. The number of ether oxygens (including phenoxy) is 1. The number of hydrogen-bond acceptors (Lipinski definition) is 4. The summed E-state index contributed by atoms with van der Waals surface area (Å²) in [5.41, 5.74) is 2.47. The molecule has 1 saturated heterocycles. The molecule has 0 spiro atoms. The summed E-state index contributed by atoms with van der Waals surface area (Å²) in [6, 6.07) is 13.5. The molecule has 24 heavy (non-hydrogen) atoms. The molecule has 2 heterocycles. The van der Waals surface area contributed by atoms with Gasteiger partial charge in [-0.25, -0.2) is 0 Å². The third-order valence-corrected chi connectivity index (χ3v) is 4.36. The molecule has 0 aliphatic carbocycles. The van der Waals surface area contributed by atoms with E-state index in [2.05, 4.69) is 53.3 Å². The molecule has 1 fully saturated rings. The van der Waals surface area contributed by atoms with Crippen LogP contribution in [0, 0.1) is 0 Å². The summed E-state index contributed by atoms with van der Waals surface area (Å²) in [6.45, 7) is 8.27. The van der Waals surface area contributed by atoms with Crippen molar-refractivity contribution in [2.75, 3.05) is 13.1 Å². The summed E-state index contributed by atoms with van der Waals surface area (Å²) in [5, 5.41) is 3.52. The van der Waals surface area contributed by atoms with Gasteiger partial charge < -0.3 is 10.1 Å². The lowest BCUT2D eigenvalue weighted by molar-refractivity contribution is 0.139. The van der Waals surface area contributed by atoms with Gasteiger partial charge in [0.15, 0.2) is 0 Å². The molecular formula is C19H26ClN3O. The Bertz CT molecular complexity index is 606. The first-order chi connectivity index (χ1) is 11.2. The van der Waals surface area contributed by atoms with E-state index in [0.29, 0.717) is 18.7 Å². The van der Waals surface area contributed by atoms with Crippen molar-refractivity contribution < 1.29 is 4.74 Å². The van der Waals surface area contributed by atoms with Gasteiger partial charge in [-0.1, -0.05) is 12.1 Å². The lowest BCUT2D eigenvalue weighted by Crippen LogP contribution is -2.53. The Labute approximate surface area is 150 Å². The first-order valence-electron chi connectivity index (χ1n) is 8.29. The summed E-state index contributed by atoms with van der Waals surface area (Å²) in [7, 11) is 0. The second-order valence-corrected chi connectivity index (χ2v) is 6.38. The molecule has 1 aromatic heterocycles. The van der Waals surface area contributed by atoms with E-state index in [1.807, 2.05) is 12.1 Å². The number of halogens is 1. The Balaban J connectivity index is 0.00000208. The Morgan fingerprint density at radius 2 is 1.79 bits per heavy atom. The van der Waals surface area contributed by atoms with E-state index in [1.165, 1.54) is 5.56 Å². The minimum absolute atomic E-state index is 0. The highest BCUT2D eigenvalue weighted by molar-refractivity contribution is 5.85. The van der Waals surface area contributed by atoms with Crippen LogP contribution in [0.25, 0.3) is 0 Å². The molecule has 0 bridgehead atoms. The van der Waals surface area contributed by atoms with Gasteiger partial charge in [-0.3, -0.25) is 9.88 Å². The number of aromatic nitrogens is 1. The van der Waals surface area contributed by atoms with Crippen LogP contribution in [-0.2, 0) is 13.2 Å². The van der Waals surface area contributed by atoms with Crippen molar-refractivity contribution in [1.29, 1.82) is 0 Å². The molecular weight excluding hydrogens is 322 g/mol. The lowest BCUT2D eigenvalue weighted by Gasteiger charge is -2.37. The summed E-state index contributed by atoms with van der Waals surface area (Å²) in [4.78, 5) is 6.55. The number of pyridine rings is 1. The number of nitrogens with zero attached hydrogens (tertiary/aromatic N) is 2. The number of piperazine rings is 1. The molecule has 0 saturated carbocycles. The van der Waals surface area contributed by atoms with E-state index in [0.717, 1.165) is 30.9 Å². The molecule has 2 atom stereocenters. The van der Waals surface area contributed by atoms with Gasteiger partial charge in [0.1, 0.15) is 12.4 Å². The van der Waals surface area contributed by atoms with Crippen LogP contribution >= 0.6 is 12.4 Å². The SMILES string of the molecule is CC1CN(Cc2ccc(OCc3ccncc3)cc2)C(C)CN1.Cl. The Hall–Kier alpha value is -1.62. The fourth-order valence-electron chi connectivity index (χ4n) is 2.89. The molecule has 0 amide bonds. The van der Waals surface area contributed by atoms with Crippen molar-refractivity contribution in [1.82, 2.24) is 15.2 Å². The molecule has 3 rings (SSSR count). The van der Waals surface area contributed by atoms with Crippen LogP contribution in [0.15, 0.2) is 48.8 Å². The van der Waals surface area contributed by atoms with E-state index in [9.17, 15) is 0 Å². The molecule has 0 radical (unpaired) electrons. The monoisotopic (exact) mass is 347 g/mol. The van der Waals surface area contributed by atoms with E-state index >= 15 is 0 Å². The summed E-state index contributed by atoms with van der Waals surface area (Å²) in [5.74, 6) is 0.910. The maximum atomic E-state index is 5.82. The van der Waals surface area contributed by atoms with Crippen molar-refractivity contribution in [3.8, 4) is 5.75 Å². The van der Waals surface area contributed by atoms with E-state index in [1.54, 1.807) is 12.4 Å². The fraction of sp³-hybridized carbons (Fsp3) is 0.421. The first kappa shape index (κ1) is 18.7. The zero-order valence-corrected chi connectivity index (χ0v) is 15.1. The highest BCUT2D eigenvalue weighted by Crippen LogP contribution is 2.17. The largest absolute Gasteiger partial charge is 0.489 e. The number of benzene rings is 1. The third-order valence-electron chi connectivity index (χ3n) is 4.36. The smallest absolute Gasteiger partial charge is 0.119 e. The van der Waals surface area contributed by atoms with Gasteiger partial charge in [-0.05, 0) is 49.2 Å². The molecule has 1 N–H and O–H groups in total. The molecule has 1 aliphatic heterocycles. The van der Waals surface area contributed by atoms with Crippen molar-refractivity contribution in [3.05, 3.63) is 59.9 Å². The van der Waals surface area contributed by atoms with Crippen molar-refractivity contribution in [2.24, 2.45) is 0 Å². The van der Waals surface area contributed by atoms with Gasteiger partial charge in [0.2, 0.25) is 0 Å². The zero-order valence-electron chi connectivity index (χ0n) is 14.3. The van der Waals surface area contributed by atoms with Gasteiger partial charge in [-0.15, -0.1) is 12.4 Å². The quantitative estimate of drug-likeness (QED) is 0.900. The minimum atomic E-state index is 0. The number of nitrogens with one attached hydrogen (secondary N) is 1. The van der Waals surface area contributed by atoms with Crippen LogP contribution in [0.3, 0.4) is 0 Å². The van der Waals surface area contributed by atoms with Crippen LogP contribution in [-0.4, -0.2) is 35.1 Å². The second kappa shape index (κ2) is 9.02. The van der Waals surface area contributed by atoms with Crippen molar-refractivity contribution in [2.45, 2.75) is 39.1 Å². The van der Waals surface area contributed by atoms with Gasteiger partial charge in [0.25, 0.3) is 0 Å². The van der Waals surface area contributed by atoms with Crippen LogP contribution < -0.4 is 10.1 Å². The highest BCUT2D eigenvalue weighted by Gasteiger charge is 2.21. The van der Waals surface area contributed by atoms with Gasteiger partial charge in [0.05, 0.1) is 0 Å². The topological polar surface area (TPSA) is 37.4 Å². The van der Waals surface area contributed by atoms with E-state index in [4.69, 9.17) is 4.74 Å². The van der Waals surface area contributed by atoms with Crippen LogP contribution in [0.5, 0.6) is 5.75 Å². The summed E-state index contributed by atoms with van der Waals surface area (Å²) in [6.07, 6.45) is 3.58. The molecule has 2 aromatic rings. The first-order valence-corrected chi connectivity index (χ1v) is 8.29. The predicted molar refractivity (Wildman–Crippen MR) is 99.6 cm³/mol. The highest BCUT2D eigenvalue weighted by atomic mass is 35.5. The standard InChI is InChI=1S/C19H25N3O.ClH/c1-15-12-22(16(2)11-21-15)13-17-3-5-19(6-4-17)23-14-18-7-9-20-10-8-18;/h3-10,15-16,21H,11-14H2,1-2H3;1H. The molecule has 4 nitrogen and oxygen atoms in total. The van der Waals surface area contributed by atoms with E-state index in [-0.39, 0.29) is 12.4 Å². The van der Waals surface area contributed by atoms with Gasteiger partial charge >= 0.3 is 0 Å². The normalized spacial score (nSPS) is 21.1. The third kappa shape index (κ3) is 5.20. The fourth-order valence-corrected chi connectivity index (χ4v) is 2.89. The Morgan fingerprint density at radius 1 is 1.08 bits per heavy atom. The van der Waals surface area contributed by atoms with Gasteiger partial charge in [-0.2, -0.15) is 0 Å². The van der Waals surface area contributed by atoms with Crippen LogP contribution in [0.1, 0.15) is 25.0 Å². The summed E-state index contributed by atoms with van der Waals surface area (Å²) >= 11 is 0. The molecule has 5 heteroatoms.